The Labute approximate surface area is 95.8 Å². The van der Waals surface area contributed by atoms with Crippen LogP contribution in [0.4, 0.5) is 0 Å². The maximum Gasteiger partial charge on any atom is 0.156 e. The molecule has 0 atom stereocenters. The van der Waals surface area contributed by atoms with E-state index in [9.17, 15) is 8.42 Å². The first-order valence-electron chi connectivity index (χ1n) is 4.87. The van der Waals surface area contributed by atoms with Crippen molar-refractivity contribution in [2.75, 3.05) is 30.9 Å². The minimum atomic E-state index is -2.87. The van der Waals surface area contributed by atoms with Gasteiger partial charge in [-0.1, -0.05) is 25.6 Å². The van der Waals surface area contributed by atoms with E-state index in [1.54, 1.807) is 11.8 Å². The van der Waals surface area contributed by atoms with Crippen molar-refractivity contribution >= 4 is 26.8 Å². The largest absolute Gasteiger partial charge is 0.364 e. The highest BCUT2D eigenvalue weighted by Gasteiger charge is 2.23. The fourth-order valence-electron chi connectivity index (χ4n) is 1.09. The molecule has 0 spiro atoms. The highest BCUT2D eigenvalue weighted by Crippen LogP contribution is 2.26. The zero-order chi connectivity index (χ0) is 11.5. The molecule has 0 unspecified atom stereocenters. The number of nitrogens with zero attached hydrogens (tertiary/aromatic N) is 1. The minimum absolute atomic E-state index is 0.163. The Bertz CT molecular complexity index is 347. The molecule has 1 N–H and O–H groups in total. The van der Waals surface area contributed by atoms with Crippen molar-refractivity contribution < 1.29 is 8.42 Å². The number of nitrogens with one attached hydrogen (secondary N) is 1. The van der Waals surface area contributed by atoms with E-state index in [0.29, 0.717) is 6.54 Å². The van der Waals surface area contributed by atoms with Gasteiger partial charge in [-0.05, 0) is 5.41 Å². The summed E-state index contributed by atoms with van der Waals surface area (Å²) in [7, 11) is -2.87. The molecule has 0 fully saturated rings. The number of hydrogen-bond acceptors (Lipinski definition) is 5. The molecule has 0 aromatic heterocycles. The first kappa shape index (κ1) is 12.8. The highest BCUT2D eigenvalue weighted by atomic mass is 32.2. The van der Waals surface area contributed by atoms with Crippen LogP contribution in [0.25, 0.3) is 0 Å². The van der Waals surface area contributed by atoms with Gasteiger partial charge in [-0.2, -0.15) is 0 Å². The Morgan fingerprint density at radius 3 is 2.67 bits per heavy atom. The van der Waals surface area contributed by atoms with Gasteiger partial charge in [0, 0.05) is 25.1 Å². The van der Waals surface area contributed by atoms with E-state index in [0.717, 1.165) is 17.5 Å². The molecule has 6 heteroatoms. The summed E-state index contributed by atoms with van der Waals surface area (Å²) < 4.78 is 21.8. The van der Waals surface area contributed by atoms with Crippen molar-refractivity contribution in [1.82, 2.24) is 5.32 Å². The molecule has 1 rings (SSSR count). The van der Waals surface area contributed by atoms with E-state index in [4.69, 9.17) is 0 Å². The average Bonchev–Trinajstić information content (AvgIpc) is 2.06. The van der Waals surface area contributed by atoms with Crippen LogP contribution in [0.15, 0.2) is 4.99 Å². The first-order chi connectivity index (χ1) is 6.79. The Kier molecular flexibility index (Phi) is 4.06. The summed E-state index contributed by atoms with van der Waals surface area (Å²) in [4.78, 5) is 4.38. The molecular weight excluding hydrogens is 232 g/mol. The maximum absolute atomic E-state index is 10.9. The van der Waals surface area contributed by atoms with Gasteiger partial charge in [0.15, 0.2) is 5.17 Å². The lowest BCUT2D eigenvalue weighted by atomic mass is 9.97. The van der Waals surface area contributed by atoms with E-state index in [2.05, 4.69) is 24.2 Å². The SMILES string of the molecule is CC1(C)CN=C(NCCS(C)(=O)=O)SC1. The van der Waals surface area contributed by atoms with Gasteiger partial charge in [-0.15, -0.1) is 0 Å². The summed E-state index contributed by atoms with van der Waals surface area (Å²) in [5.74, 6) is 1.19. The van der Waals surface area contributed by atoms with E-state index >= 15 is 0 Å². The van der Waals surface area contributed by atoms with Gasteiger partial charge in [0.05, 0.1) is 5.75 Å². The van der Waals surface area contributed by atoms with Crippen LogP contribution in [0.1, 0.15) is 13.8 Å². The smallest absolute Gasteiger partial charge is 0.156 e. The molecule has 1 heterocycles. The second kappa shape index (κ2) is 4.74. The van der Waals surface area contributed by atoms with Crippen molar-refractivity contribution in [3.05, 3.63) is 0 Å². The Hall–Kier alpha value is -0.230. The molecule has 0 saturated carbocycles. The van der Waals surface area contributed by atoms with Gasteiger partial charge in [0.1, 0.15) is 9.84 Å². The number of amidine groups is 1. The van der Waals surface area contributed by atoms with Crippen molar-refractivity contribution in [3.8, 4) is 0 Å². The first-order valence-corrected chi connectivity index (χ1v) is 7.92. The Morgan fingerprint density at radius 2 is 2.20 bits per heavy atom. The molecule has 0 aromatic rings. The van der Waals surface area contributed by atoms with Crippen LogP contribution in [-0.4, -0.2) is 44.4 Å². The molecule has 0 saturated heterocycles. The third kappa shape index (κ3) is 5.41. The normalized spacial score (nSPS) is 20.9. The van der Waals surface area contributed by atoms with Crippen LogP contribution in [0.3, 0.4) is 0 Å². The van der Waals surface area contributed by atoms with Gasteiger partial charge in [0.25, 0.3) is 0 Å². The molecule has 0 amide bonds. The summed E-state index contributed by atoms with van der Waals surface area (Å²) in [5.41, 5.74) is 0.257. The summed E-state index contributed by atoms with van der Waals surface area (Å²) in [6, 6.07) is 0. The number of sulfone groups is 1. The molecule has 15 heavy (non-hydrogen) atoms. The molecular formula is C9H18N2O2S2. The minimum Gasteiger partial charge on any atom is -0.364 e. The topological polar surface area (TPSA) is 58.5 Å². The summed E-state index contributed by atoms with van der Waals surface area (Å²) in [5, 5.41) is 3.92. The number of hydrogen-bond donors (Lipinski definition) is 1. The van der Waals surface area contributed by atoms with Gasteiger partial charge in [0.2, 0.25) is 0 Å². The zero-order valence-electron chi connectivity index (χ0n) is 9.41. The number of aliphatic imine (C=N–C) groups is 1. The number of rotatable bonds is 3. The summed E-state index contributed by atoms with van der Waals surface area (Å²) in [6.45, 7) is 5.61. The average molecular weight is 250 g/mol. The van der Waals surface area contributed by atoms with Crippen molar-refractivity contribution in [2.45, 2.75) is 13.8 Å². The third-order valence-electron chi connectivity index (χ3n) is 2.00. The third-order valence-corrected chi connectivity index (χ3v) is 4.42. The van der Waals surface area contributed by atoms with E-state index < -0.39 is 9.84 Å². The van der Waals surface area contributed by atoms with Crippen molar-refractivity contribution in [2.24, 2.45) is 10.4 Å². The van der Waals surface area contributed by atoms with Gasteiger partial charge < -0.3 is 5.32 Å². The monoisotopic (exact) mass is 250 g/mol. The second-order valence-electron chi connectivity index (χ2n) is 4.63. The van der Waals surface area contributed by atoms with Crippen LogP contribution >= 0.6 is 11.8 Å². The van der Waals surface area contributed by atoms with Crippen LogP contribution in [0.5, 0.6) is 0 Å². The predicted octanol–water partition coefficient (Wildman–Crippen LogP) is 0.750. The molecule has 0 aliphatic carbocycles. The maximum atomic E-state index is 10.9. The second-order valence-corrected chi connectivity index (χ2v) is 7.85. The lowest BCUT2D eigenvalue weighted by Gasteiger charge is -2.27. The standard InChI is InChI=1S/C9H18N2O2S2/c1-9(2)6-11-8(14-7-9)10-4-5-15(3,12)13/h4-7H2,1-3H3,(H,10,11). The quantitative estimate of drug-likeness (QED) is 0.803. The molecule has 0 aromatic carbocycles. The zero-order valence-corrected chi connectivity index (χ0v) is 11.0. The van der Waals surface area contributed by atoms with Crippen LogP contribution < -0.4 is 5.32 Å². The van der Waals surface area contributed by atoms with Crippen LogP contribution in [-0.2, 0) is 9.84 Å². The molecule has 1 aliphatic rings. The molecule has 0 bridgehead atoms. The molecule has 0 radical (unpaired) electrons. The molecule has 4 nitrogen and oxygen atoms in total. The number of thioether (sulfide) groups is 1. The van der Waals surface area contributed by atoms with E-state index in [1.807, 2.05) is 0 Å². The summed E-state index contributed by atoms with van der Waals surface area (Å²) in [6.07, 6.45) is 1.24. The van der Waals surface area contributed by atoms with Gasteiger partial charge in [-0.3, -0.25) is 4.99 Å². The van der Waals surface area contributed by atoms with Gasteiger partial charge >= 0.3 is 0 Å². The molecule has 1 aliphatic heterocycles. The van der Waals surface area contributed by atoms with Crippen molar-refractivity contribution in [3.63, 3.8) is 0 Å². The summed E-state index contributed by atoms with van der Waals surface area (Å²) >= 11 is 1.66. The van der Waals surface area contributed by atoms with E-state index in [-0.39, 0.29) is 11.2 Å². The van der Waals surface area contributed by atoms with Crippen LogP contribution in [0, 0.1) is 5.41 Å². The van der Waals surface area contributed by atoms with Gasteiger partial charge in [-0.25, -0.2) is 8.42 Å². The Morgan fingerprint density at radius 1 is 1.53 bits per heavy atom. The fraction of sp³-hybridized carbons (Fsp3) is 0.889. The molecule has 88 valence electrons. The van der Waals surface area contributed by atoms with Crippen LogP contribution in [0.2, 0.25) is 0 Å². The highest BCUT2D eigenvalue weighted by molar-refractivity contribution is 8.13. The fourth-order valence-corrected chi connectivity index (χ4v) is 2.54. The van der Waals surface area contributed by atoms with Crippen molar-refractivity contribution in [1.29, 1.82) is 0 Å². The lowest BCUT2D eigenvalue weighted by molar-refractivity contribution is 0.437. The van der Waals surface area contributed by atoms with E-state index in [1.165, 1.54) is 6.26 Å². The predicted molar refractivity (Wildman–Crippen MR) is 66.3 cm³/mol. The lowest BCUT2D eigenvalue weighted by Crippen LogP contribution is -2.33. The Balaban J connectivity index is 2.33.